The summed E-state index contributed by atoms with van der Waals surface area (Å²) in [6.07, 6.45) is 0.689. The van der Waals surface area contributed by atoms with Crippen LogP contribution in [0.2, 0.25) is 0 Å². The SMILES string of the molecule is Cc1ccccc1COC(=O)CCC(C)C(=O)Nc1ccc(C)c(C)c1C. The topological polar surface area (TPSA) is 55.4 Å². The van der Waals surface area contributed by atoms with Crippen LogP contribution in [-0.4, -0.2) is 11.9 Å². The third-order valence-corrected chi connectivity index (χ3v) is 5.19. The predicted molar refractivity (Wildman–Crippen MR) is 109 cm³/mol. The van der Waals surface area contributed by atoms with Crippen molar-refractivity contribution in [1.82, 2.24) is 0 Å². The predicted octanol–water partition coefficient (Wildman–Crippen LogP) is 5.02. The normalized spacial score (nSPS) is 11.7. The first-order valence-electron chi connectivity index (χ1n) is 9.37. The van der Waals surface area contributed by atoms with Gasteiger partial charge in [0.25, 0.3) is 0 Å². The molecule has 0 aliphatic heterocycles. The van der Waals surface area contributed by atoms with Gasteiger partial charge in [0, 0.05) is 18.0 Å². The Bertz CT molecular complexity index is 826. The molecule has 0 aliphatic rings. The van der Waals surface area contributed by atoms with Gasteiger partial charge in [0.1, 0.15) is 6.61 Å². The molecule has 0 spiro atoms. The molecule has 0 bridgehead atoms. The minimum Gasteiger partial charge on any atom is -0.461 e. The average molecular weight is 367 g/mol. The van der Waals surface area contributed by atoms with Gasteiger partial charge in [0.15, 0.2) is 0 Å². The van der Waals surface area contributed by atoms with Gasteiger partial charge in [0.05, 0.1) is 0 Å². The van der Waals surface area contributed by atoms with E-state index in [-0.39, 0.29) is 30.8 Å². The van der Waals surface area contributed by atoms with Crippen LogP contribution in [0.4, 0.5) is 5.69 Å². The van der Waals surface area contributed by atoms with Crippen LogP contribution in [0, 0.1) is 33.6 Å². The maximum absolute atomic E-state index is 12.4. The average Bonchev–Trinajstić information content (AvgIpc) is 2.65. The molecule has 27 heavy (non-hydrogen) atoms. The number of carbonyl (C=O) groups excluding carboxylic acids is 2. The van der Waals surface area contributed by atoms with Gasteiger partial charge in [-0.15, -0.1) is 0 Å². The van der Waals surface area contributed by atoms with E-state index in [2.05, 4.69) is 12.2 Å². The number of nitrogens with one attached hydrogen (secondary N) is 1. The van der Waals surface area contributed by atoms with Crippen molar-refractivity contribution in [2.24, 2.45) is 5.92 Å². The van der Waals surface area contributed by atoms with Crippen molar-refractivity contribution in [3.63, 3.8) is 0 Å². The van der Waals surface area contributed by atoms with Crippen molar-refractivity contribution >= 4 is 17.6 Å². The molecule has 1 atom stereocenters. The van der Waals surface area contributed by atoms with Gasteiger partial charge in [-0.25, -0.2) is 0 Å². The molecule has 0 aliphatic carbocycles. The van der Waals surface area contributed by atoms with Crippen LogP contribution in [-0.2, 0) is 20.9 Å². The molecule has 2 aromatic carbocycles. The highest BCUT2D eigenvalue weighted by Gasteiger charge is 2.17. The lowest BCUT2D eigenvalue weighted by molar-refractivity contribution is -0.145. The number of anilines is 1. The fraction of sp³-hybridized carbons (Fsp3) is 0.391. The summed E-state index contributed by atoms with van der Waals surface area (Å²) in [4.78, 5) is 24.4. The summed E-state index contributed by atoms with van der Waals surface area (Å²) in [5.74, 6) is -0.620. The van der Waals surface area contributed by atoms with Crippen molar-refractivity contribution in [1.29, 1.82) is 0 Å². The Labute approximate surface area is 161 Å². The molecule has 2 rings (SSSR count). The molecular weight excluding hydrogens is 338 g/mol. The summed E-state index contributed by atoms with van der Waals surface area (Å²) < 4.78 is 5.33. The highest BCUT2D eigenvalue weighted by molar-refractivity contribution is 5.93. The fourth-order valence-electron chi connectivity index (χ4n) is 2.82. The minimum absolute atomic E-state index is 0.0759. The van der Waals surface area contributed by atoms with Gasteiger partial charge < -0.3 is 10.1 Å². The first-order chi connectivity index (χ1) is 12.8. The van der Waals surface area contributed by atoms with Crippen molar-refractivity contribution < 1.29 is 14.3 Å². The summed E-state index contributed by atoms with van der Waals surface area (Å²) in [5, 5.41) is 2.98. The maximum Gasteiger partial charge on any atom is 0.306 e. The van der Waals surface area contributed by atoms with Crippen molar-refractivity contribution in [3.8, 4) is 0 Å². The van der Waals surface area contributed by atoms with Crippen LogP contribution in [0.3, 0.4) is 0 Å². The second-order valence-corrected chi connectivity index (χ2v) is 7.20. The van der Waals surface area contributed by atoms with Crippen LogP contribution >= 0.6 is 0 Å². The molecule has 4 heteroatoms. The fourth-order valence-corrected chi connectivity index (χ4v) is 2.82. The number of esters is 1. The van der Waals surface area contributed by atoms with Gasteiger partial charge in [-0.2, -0.15) is 0 Å². The molecular formula is C23H29NO3. The Hall–Kier alpha value is -2.62. The smallest absolute Gasteiger partial charge is 0.306 e. The Morgan fingerprint density at radius 2 is 1.67 bits per heavy atom. The standard InChI is InChI=1S/C23H29NO3/c1-15-10-12-21(19(5)18(15)4)24-23(26)17(3)11-13-22(25)27-14-20-9-7-6-8-16(20)2/h6-10,12,17H,11,13-14H2,1-5H3,(H,24,26). The molecule has 4 nitrogen and oxygen atoms in total. The van der Waals surface area contributed by atoms with Crippen LogP contribution in [0.1, 0.15) is 47.6 Å². The molecule has 1 amide bonds. The van der Waals surface area contributed by atoms with E-state index in [1.54, 1.807) is 0 Å². The zero-order valence-corrected chi connectivity index (χ0v) is 16.9. The number of ether oxygens (including phenoxy) is 1. The summed E-state index contributed by atoms with van der Waals surface area (Å²) in [5.41, 5.74) is 6.39. The van der Waals surface area contributed by atoms with Crippen LogP contribution in [0.5, 0.6) is 0 Å². The summed E-state index contributed by atoms with van der Waals surface area (Å²) in [6.45, 7) is 10.2. The lowest BCUT2D eigenvalue weighted by Crippen LogP contribution is -2.22. The second-order valence-electron chi connectivity index (χ2n) is 7.20. The van der Waals surface area contributed by atoms with Gasteiger partial charge in [-0.1, -0.05) is 37.3 Å². The number of hydrogen-bond acceptors (Lipinski definition) is 3. The molecule has 2 aromatic rings. The Morgan fingerprint density at radius 3 is 2.37 bits per heavy atom. The summed E-state index contributed by atoms with van der Waals surface area (Å²) in [6, 6.07) is 11.8. The zero-order chi connectivity index (χ0) is 20.0. The molecule has 0 heterocycles. The number of benzene rings is 2. The number of carbonyl (C=O) groups is 2. The Kier molecular flexibility index (Phi) is 7.17. The van der Waals surface area contributed by atoms with Gasteiger partial charge in [0.2, 0.25) is 5.91 Å². The lowest BCUT2D eigenvalue weighted by atomic mass is 10.0. The maximum atomic E-state index is 12.4. The molecule has 0 saturated heterocycles. The van der Waals surface area contributed by atoms with Gasteiger partial charge in [-0.3, -0.25) is 9.59 Å². The quantitative estimate of drug-likeness (QED) is 0.699. The molecule has 0 radical (unpaired) electrons. The van der Waals surface area contributed by atoms with E-state index in [0.717, 1.165) is 22.4 Å². The Morgan fingerprint density at radius 1 is 0.963 bits per heavy atom. The van der Waals surface area contributed by atoms with Crippen LogP contribution < -0.4 is 5.32 Å². The monoisotopic (exact) mass is 367 g/mol. The molecule has 0 aromatic heterocycles. The summed E-state index contributed by atoms with van der Waals surface area (Å²) >= 11 is 0. The lowest BCUT2D eigenvalue weighted by Gasteiger charge is -2.16. The zero-order valence-electron chi connectivity index (χ0n) is 16.9. The third kappa shape index (κ3) is 5.68. The largest absolute Gasteiger partial charge is 0.461 e. The molecule has 0 saturated carbocycles. The first kappa shape index (κ1) is 20.7. The third-order valence-electron chi connectivity index (χ3n) is 5.19. The molecule has 0 fully saturated rings. The number of aryl methyl sites for hydroxylation is 2. The van der Waals surface area contributed by atoms with E-state index in [1.807, 2.05) is 64.1 Å². The van der Waals surface area contributed by atoms with E-state index in [0.29, 0.717) is 6.42 Å². The number of amides is 1. The number of rotatable bonds is 7. The van der Waals surface area contributed by atoms with Crippen molar-refractivity contribution in [3.05, 3.63) is 64.2 Å². The van der Waals surface area contributed by atoms with Gasteiger partial charge in [-0.05, 0) is 68.0 Å². The molecule has 1 unspecified atom stereocenters. The number of hydrogen-bond donors (Lipinski definition) is 1. The Balaban J connectivity index is 1.81. The second kappa shape index (κ2) is 9.36. The first-order valence-corrected chi connectivity index (χ1v) is 9.37. The van der Waals surface area contributed by atoms with E-state index in [1.165, 1.54) is 11.1 Å². The van der Waals surface area contributed by atoms with Crippen LogP contribution in [0.15, 0.2) is 36.4 Å². The molecule has 144 valence electrons. The highest BCUT2D eigenvalue weighted by Crippen LogP contribution is 2.22. The van der Waals surface area contributed by atoms with Crippen LogP contribution in [0.25, 0.3) is 0 Å². The van der Waals surface area contributed by atoms with E-state index in [4.69, 9.17) is 4.74 Å². The van der Waals surface area contributed by atoms with Crippen molar-refractivity contribution in [2.75, 3.05) is 5.32 Å². The highest BCUT2D eigenvalue weighted by atomic mass is 16.5. The van der Waals surface area contributed by atoms with E-state index < -0.39 is 0 Å². The van der Waals surface area contributed by atoms with Gasteiger partial charge >= 0.3 is 5.97 Å². The van der Waals surface area contributed by atoms with Crippen molar-refractivity contribution in [2.45, 2.75) is 54.1 Å². The minimum atomic E-state index is -0.278. The van der Waals surface area contributed by atoms with E-state index in [9.17, 15) is 9.59 Å². The van der Waals surface area contributed by atoms with E-state index >= 15 is 0 Å². The summed E-state index contributed by atoms with van der Waals surface area (Å²) in [7, 11) is 0. The molecule has 1 N–H and O–H groups in total.